The van der Waals surface area contributed by atoms with Crippen LogP contribution in [0.1, 0.15) is 27.2 Å². The Morgan fingerprint density at radius 2 is 0.622 bits per heavy atom. The summed E-state index contributed by atoms with van der Waals surface area (Å²) in [6.45, 7) is 14.9. The fourth-order valence-corrected chi connectivity index (χ4v) is 2.96. The number of rotatable bonds is 35. The van der Waals surface area contributed by atoms with Crippen molar-refractivity contribution in [3.8, 4) is 0 Å². The molecule has 0 rings (SSSR count). The maximum Gasteiger partial charge on any atom is 0.331 e. The van der Waals surface area contributed by atoms with Crippen LogP contribution in [0.3, 0.4) is 0 Å². The van der Waals surface area contributed by atoms with Gasteiger partial charge in [-0.25, -0.2) is 4.79 Å². The highest BCUT2D eigenvalue weighted by Crippen LogP contribution is 2.08. The molecule has 0 N–H and O–H groups in total. The molecule has 0 bridgehead atoms. The summed E-state index contributed by atoms with van der Waals surface area (Å²) >= 11 is 0. The number of methoxy groups -OCH3 is 1. The number of ether oxygens (including phenoxy) is 13. The molecule has 0 aromatic rings. The summed E-state index contributed by atoms with van der Waals surface area (Å²) in [5.41, 5.74) is -0.477. The first kappa shape index (κ1) is 43.5. The van der Waals surface area contributed by atoms with Crippen LogP contribution in [0.5, 0.6) is 0 Å². The van der Waals surface area contributed by atoms with Crippen LogP contribution in [0.4, 0.5) is 0 Å². The molecule has 15 heteroatoms. The molecule has 0 atom stereocenters. The standard InChI is InChI=1S/C30H58O15/c1-30(2,3)45-28(31)5-6-34-7-8-35-9-10-36-11-12-37-13-14-38-15-16-39-17-18-40-19-20-41-21-22-42-23-24-43-25-26-44-27-29(32)33-4/h5-27H2,1-4H3. The summed E-state index contributed by atoms with van der Waals surface area (Å²) in [6.07, 6.45) is 0.228. The lowest BCUT2D eigenvalue weighted by Crippen LogP contribution is -2.24. The second-order valence-corrected chi connectivity index (χ2v) is 10.1. The van der Waals surface area contributed by atoms with Crippen LogP contribution >= 0.6 is 0 Å². The average molecular weight is 659 g/mol. The van der Waals surface area contributed by atoms with Crippen molar-refractivity contribution in [2.24, 2.45) is 0 Å². The molecule has 0 fully saturated rings. The molecule has 0 aliphatic rings. The Balaban J connectivity index is 3.11. The molecule has 0 aliphatic heterocycles. The highest BCUT2D eigenvalue weighted by Gasteiger charge is 2.15. The fourth-order valence-electron chi connectivity index (χ4n) is 2.96. The van der Waals surface area contributed by atoms with Gasteiger partial charge in [-0.1, -0.05) is 0 Å². The highest BCUT2D eigenvalue weighted by atomic mass is 16.6. The summed E-state index contributed by atoms with van der Waals surface area (Å²) in [4.78, 5) is 22.4. The normalized spacial score (nSPS) is 11.6. The third-order valence-corrected chi connectivity index (χ3v) is 5.04. The Morgan fingerprint density at radius 3 is 0.867 bits per heavy atom. The zero-order valence-electron chi connectivity index (χ0n) is 27.9. The van der Waals surface area contributed by atoms with Crippen molar-refractivity contribution in [3.63, 3.8) is 0 Å². The minimum absolute atomic E-state index is 0.0740. The zero-order chi connectivity index (χ0) is 33.1. The Hall–Kier alpha value is -1.50. The fraction of sp³-hybridized carbons (Fsp3) is 0.933. The number of hydrogen-bond acceptors (Lipinski definition) is 15. The van der Waals surface area contributed by atoms with E-state index in [4.69, 9.17) is 56.8 Å². The molecule has 0 aliphatic carbocycles. The van der Waals surface area contributed by atoms with E-state index < -0.39 is 11.6 Å². The average Bonchev–Trinajstić information content (AvgIpc) is 3.00. The first-order chi connectivity index (χ1) is 21.8. The van der Waals surface area contributed by atoms with Crippen molar-refractivity contribution < 1.29 is 71.2 Å². The van der Waals surface area contributed by atoms with E-state index in [-0.39, 0.29) is 19.0 Å². The lowest BCUT2D eigenvalue weighted by Gasteiger charge is -2.19. The molecule has 0 spiro atoms. The van der Waals surface area contributed by atoms with E-state index in [1.807, 2.05) is 20.8 Å². The third-order valence-electron chi connectivity index (χ3n) is 5.04. The summed E-state index contributed by atoms with van der Waals surface area (Å²) in [5, 5.41) is 0. The van der Waals surface area contributed by atoms with Crippen LogP contribution in [0.2, 0.25) is 0 Å². The van der Waals surface area contributed by atoms with Crippen molar-refractivity contribution >= 4 is 11.9 Å². The second-order valence-electron chi connectivity index (χ2n) is 10.1. The van der Waals surface area contributed by atoms with E-state index >= 15 is 0 Å². The molecule has 0 aromatic heterocycles. The van der Waals surface area contributed by atoms with E-state index in [1.165, 1.54) is 7.11 Å². The van der Waals surface area contributed by atoms with E-state index in [9.17, 15) is 9.59 Å². The summed E-state index contributed by atoms with van der Waals surface area (Å²) in [5.74, 6) is -0.680. The topological polar surface area (TPSA) is 154 Å². The summed E-state index contributed by atoms with van der Waals surface area (Å²) < 4.78 is 68.9. The Kier molecular flexibility index (Phi) is 32.7. The van der Waals surface area contributed by atoms with Crippen LogP contribution in [0.25, 0.3) is 0 Å². The largest absolute Gasteiger partial charge is 0.467 e. The van der Waals surface area contributed by atoms with Gasteiger partial charge in [-0.2, -0.15) is 0 Å². The van der Waals surface area contributed by atoms with Gasteiger partial charge in [0.1, 0.15) is 12.2 Å². The maximum absolute atomic E-state index is 11.6. The molecule has 0 saturated carbocycles. The predicted octanol–water partition coefficient (Wildman–Crippen LogP) is 1.07. The van der Waals surface area contributed by atoms with Crippen LogP contribution in [0.15, 0.2) is 0 Å². The Morgan fingerprint density at radius 1 is 0.378 bits per heavy atom. The number of carbonyl (C=O) groups excluding carboxylic acids is 2. The molecule has 0 radical (unpaired) electrons. The number of esters is 2. The van der Waals surface area contributed by atoms with E-state index in [0.29, 0.717) is 139 Å². The molecular weight excluding hydrogens is 600 g/mol. The first-order valence-corrected chi connectivity index (χ1v) is 15.5. The van der Waals surface area contributed by atoms with Crippen LogP contribution in [-0.4, -0.2) is 170 Å². The molecule has 0 amide bonds. The lowest BCUT2D eigenvalue weighted by molar-refractivity contribution is -0.156. The lowest BCUT2D eigenvalue weighted by atomic mass is 10.2. The van der Waals surface area contributed by atoms with Gasteiger partial charge in [0.25, 0.3) is 0 Å². The zero-order valence-corrected chi connectivity index (χ0v) is 27.9. The molecule has 45 heavy (non-hydrogen) atoms. The number of hydrogen-bond donors (Lipinski definition) is 0. The quantitative estimate of drug-likeness (QED) is 0.0704. The van der Waals surface area contributed by atoms with E-state index in [0.717, 1.165) is 0 Å². The smallest absolute Gasteiger partial charge is 0.331 e. The van der Waals surface area contributed by atoms with Gasteiger partial charge in [-0.05, 0) is 20.8 Å². The molecule has 0 saturated heterocycles. The van der Waals surface area contributed by atoms with E-state index in [2.05, 4.69) is 4.74 Å². The van der Waals surface area contributed by atoms with Crippen molar-refractivity contribution in [2.45, 2.75) is 32.8 Å². The van der Waals surface area contributed by atoms with Gasteiger partial charge in [0.2, 0.25) is 0 Å². The monoisotopic (exact) mass is 658 g/mol. The van der Waals surface area contributed by atoms with Gasteiger partial charge in [-0.3, -0.25) is 4.79 Å². The number of carbonyl (C=O) groups is 2. The minimum atomic E-state index is -0.477. The summed E-state index contributed by atoms with van der Waals surface area (Å²) in [6, 6.07) is 0. The van der Waals surface area contributed by atoms with Gasteiger partial charge < -0.3 is 61.6 Å². The van der Waals surface area contributed by atoms with Gasteiger partial charge in [0.15, 0.2) is 0 Å². The van der Waals surface area contributed by atoms with Crippen molar-refractivity contribution in [3.05, 3.63) is 0 Å². The third kappa shape index (κ3) is 38.6. The Labute approximate surface area is 268 Å². The maximum atomic E-state index is 11.6. The minimum Gasteiger partial charge on any atom is -0.467 e. The molecule has 268 valence electrons. The first-order valence-electron chi connectivity index (χ1n) is 15.5. The van der Waals surface area contributed by atoms with Crippen molar-refractivity contribution in [2.75, 3.05) is 152 Å². The second kappa shape index (κ2) is 33.9. The summed E-state index contributed by atoms with van der Waals surface area (Å²) in [7, 11) is 1.31. The van der Waals surface area contributed by atoms with Crippen molar-refractivity contribution in [1.82, 2.24) is 0 Å². The van der Waals surface area contributed by atoms with Gasteiger partial charge >= 0.3 is 11.9 Å². The SMILES string of the molecule is COC(=O)COCCOCCOCCOCCOCCOCCOCCOCCOCCOCCOCCC(=O)OC(C)(C)C. The van der Waals surface area contributed by atoms with Crippen LogP contribution < -0.4 is 0 Å². The molecular formula is C30H58O15. The van der Waals surface area contributed by atoms with E-state index in [1.54, 1.807) is 0 Å². The van der Waals surface area contributed by atoms with Crippen molar-refractivity contribution in [1.29, 1.82) is 0 Å². The van der Waals surface area contributed by atoms with Gasteiger partial charge in [0.05, 0.1) is 152 Å². The molecule has 0 aromatic carbocycles. The molecule has 15 nitrogen and oxygen atoms in total. The Bertz CT molecular complexity index is 645. The predicted molar refractivity (Wildman–Crippen MR) is 161 cm³/mol. The molecule has 0 heterocycles. The van der Waals surface area contributed by atoms with Crippen LogP contribution in [0, 0.1) is 0 Å². The van der Waals surface area contributed by atoms with Gasteiger partial charge in [-0.15, -0.1) is 0 Å². The molecule has 0 unspecified atom stereocenters. The highest BCUT2D eigenvalue weighted by molar-refractivity contribution is 5.70. The van der Waals surface area contributed by atoms with Gasteiger partial charge in [0, 0.05) is 0 Å². The van der Waals surface area contributed by atoms with Crippen LogP contribution in [-0.2, 0) is 71.2 Å².